The molecule has 0 spiro atoms. The Kier molecular flexibility index (Phi) is 2.24. The minimum Gasteiger partial charge on any atom is -0.293 e. The molecule has 0 saturated carbocycles. The summed E-state index contributed by atoms with van der Waals surface area (Å²) in [6, 6.07) is 6.00. The maximum atomic E-state index is 4.26. The van der Waals surface area contributed by atoms with E-state index in [2.05, 4.69) is 30.7 Å². The summed E-state index contributed by atoms with van der Waals surface area (Å²) in [5, 5.41) is 0. The van der Waals surface area contributed by atoms with Crippen molar-refractivity contribution in [3.63, 3.8) is 0 Å². The van der Waals surface area contributed by atoms with Gasteiger partial charge in [0.25, 0.3) is 0 Å². The Morgan fingerprint density at radius 1 is 1.36 bits per heavy atom. The molecule has 2 nitrogen and oxygen atoms in total. The molecule has 0 bridgehead atoms. The highest BCUT2D eigenvalue weighted by atomic mass is 15.0. The number of rotatable bonds is 0. The molecular formula is C12H12N2. The first-order valence-corrected chi connectivity index (χ1v) is 4.71. The molecule has 2 heteroatoms. The number of nitrogens with zero attached hydrogens (tertiary/aromatic N) is 2. The van der Waals surface area contributed by atoms with Crippen LogP contribution in [0.4, 0.5) is 0 Å². The van der Waals surface area contributed by atoms with Crippen LogP contribution in [-0.4, -0.2) is 9.38 Å². The second-order valence-corrected chi connectivity index (χ2v) is 3.50. The Morgan fingerprint density at radius 2 is 2.21 bits per heavy atom. The van der Waals surface area contributed by atoms with Crippen molar-refractivity contribution in [2.75, 3.05) is 0 Å². The van der Waals surface area contributed by atoms with Gasteiger partial charge >= 0.3 is 0 Å². The van der Waals surface area contributed by atoms with Crippen LogP contribution in [0.25, 0.3) is 5.52 Å². The topological polar surface area (TPSA) is 17.3 Å². The predicted molar refractivity (Wildman–Crippen MR) is 56.9 cm³/mol. The Hall–Kier alpha value is -1.75. The highest BCUT2D eigenvalue weighted by molar-refractivity contribution is 5.48. The first-order chi connectivity index (χ1) is 6.77. The van der Waals surface area contributed by atoms with Crippen molar-refractivity contribution in [1.29, 1.82) is 0 Å². The van der Waals surface area contributed by atoms with Gasteiger partial charge in [-0.05, 0) is 18.1 Å². The number of imidazole rings is 1. The number of aromatic nitrogens is 2. The maximum Gasteiger partial charge on any atom is 0.189 e. The van der Waals surface area contributed by atoms with E-state index in [1.165, 1.54) is 0 Å². The third-order valence-corrected chi connectivity index (χ3v) is 1.91. The lowest BCUT2D eigenvalue weighted by Crippen LogP contribution is -1.88. The molecule has 0 amide bonds. The van der Waals surface area contributed by atoms with Crippen molar-refractivity contribution in [1.82, 2.24) is 9.38 Å². The summed E-state index contributed by atoms with van der Waals surface area (Å²) in [5.74, 6) is 7.37. The number of pyridine rings is 1. The van der Waals surface area contributed by atoms with Crippen molar-refractivity contribution >= 4 is 5.52 Å². The van der Waals surface area contributed by atoms with Gasteiger partial charge in [-0.1, -0.05) is 25.8 Å². The molecule has 2 rings (SSSR count). The van der Waals surface area contributed by atoms with Crippen LogP contribution in [0, 0.1) is 17.8 Å². The van der Waals surface area contributed by atoms with Gasteiger partial charge in [-0.15, -0.1) is 0 Å². The zero-order chi connectivity index (χ0) is 9.97. The van der Waals surface area contributed by atoms with Crippen LogP contribution in [0.2, 0.25) is 0 Å². The number of hydrogen-bond acceptors (Lipinski definition) is 1. The Labute approximate surface area is 83.6 Å². The van der Waals surface area contributed by atoms with Crippen LogP contribution >= 0.6 is 0 Å². The zero-order valence-corrected chi connectivity index (χ0v) is 8.36. The molecule has 2 aromatic heterocycles. The van der Waals surface area contributed by atoms with Crippen molar-refractivity contribution < 1.29 is 0 Å². The summed E-state index contributed by atoms with van der Waals surface area (Å²) in [6.07, 6.45) is 3.82. The SMILES string of the molecule is CC(C)C#Cc1ncc2ccccn12. The van der Waals surface area contributed by atoms with Crippen LogP contribution in [0.3, 0.4) is 0 Å². The first kappa shape index (κ1) is 8.83. The van der Waals surface area contributed by atoms with E-state index in [9.17, 15) is 0 Å². The molecule has 0 aromatic carbocycles. The van der Waals surface area contributed by atoms with Crippen LogP contribution < -0.4 is 0 Å². The fourth-order valence-electron chi connectivity index (χ4n) is 1.25. The average Bonchev–Trinajstić information content (AvgIpc) is 2.58. The van der Waals surface area contributed by atoms with Gasteiger partial charge in [0.2, 0.25) is 0 Å². The Bertz CT molecular complexity index is 498. The molecule has 0 unspecified atom stereocenters. The predicted octanol–water partition coefficient (Wildman–Crippen LogP) is 2.34. The number of fused-ring (bicyclic) bond motifs is 1. The fraction of sp³-hybridized carbons (Fsp3) is 0.250. The van der Waals surface area contributed by atoms with Crippen molar-refractivity contribution in [3.05, 3.63) is 36.4 Å². The standard InChI is InChI=1S/C12H12N2/c1-10(2)6-7-12-13-9-11-5-3-4-8-14(11)12/h3-5,8-10H,1-2H3. The minimum absolute atomic E-state index is 0.381. The molecule has 2 aromatic rings. The lowest BCUT2D eigenvalue weighted by atomic mass is 10.2. The largest absolute Gasteiger partial charge is 0.293 e. The van der Waals surface area contributed by atoms with E-state index in [0.717, 1.165) is 11.3 Å². The second-order valence-electron chi connectivity index (χ2n) is 3.50. The van der Waals surface area contributed by atoms with E-state index in [-0.39, 0.29) is 0 Å². The summed E-state index contributed by atoms with van der Waals surface area (Å²) in [7, 11) is 0. The third-order valence-electron chi connectivity index (χ3n) is 1.91. The van der Waals surface area contributed by atoms with E-state index in [4.69, 9.17) is 0 Å². The lowest BCUT2D eigenvalue weighted by Gasteiger charge is -1.93. The highest BCUT2D eigenvalue weighted by Gasteiger charge is 1.97. The fourth-order valence-corrected chi connectivity index (χ4v) is 1.25. The molecule has 0 radical (unpaired) electrons. The van der Waals surface area contributed by atoms with Gasteiger partial charge < -0.3 is 0 Å². The molecule has 14 heavy (non-hydrogen) atoms. The molecule has 0 saturated heterocycles. The van der Waals surface area contributed by atoms with Gasteiger partial charge in [0.1, 0.15) is 0 Å². The molecule has 0 N–H and O–H groups in total. The van der Waals surface area contributed by atoms with Crippen molar-refractivity contribution in [2.24, 2.45) is 5.92 Å². The van der Waals surface area contributed by atoms with Gasteiger partial charge in [-0.2, -0.15) is 0 Å². The van der Waals surface area contributed by atoms with Crippen LogP contribution in [-0.2, 0) is 0 Å². The summed E-state index contributed by atoms with van der Waals surface area (Å²) >= 11 is 0. The molecule has 0 aliphatic rings. The molecule has 0 aliphatic carbocycles. The smallest absolute Gasteiger partial charge is 0.189 e. The first-order valence-electron chi connectivity index (χ1n) is 4.71. The second kappa shape index (κ2) is 3.55. The molecule has 0 aliphatic heterocycles. The third kappa shape index (κ3) is 1.62. The Balaban J connectivity index is 2.50. The summed E-state index contributed by atoms with van der Waals surface area (Å²) < 4.78 is 2.00. The van der Waals surface area contributed by atoms with E-state index in [1.807, 2.05) is 35.0 Å². The zero-order valence-electron chi connectivity index (χ0n) is 8.36. The molecule has 0 fully saturated rings. The van der Waals surface area contributed by atoms with Gasteiger partial charge in [0.05, 0.1) is 11.7 Å². The van der Waals surface area contributed by atoms with Gasteiger partial charge in [-0.25, -0.2) is 4.98 Å². The summed E-state index contributed by atoms with van der Waals surface area (Å²) in [4.78, 5) is 4.26. The number of hydrogen-bond donors (Lipinski definition) is 0. The molecule has 0 atom stereocenters. The molecule has 2 heterocycles. The van der Waals surface area contributed by atoms with Gasteiger partial charge in [0.15, 0.2) is 5.82 Å². The quantitative estimate of drug-likeness (QED) is 0.574. The normalized spacial score (nSPS) is 10.2. The van der Waals surface area contributed by atoms with E-state index < -0.39 is 0 Å². The summed E-state index contributed by atoms with van der Waals surface area (Å²) in [6.45, 7) is 4.14. The van der Waals surface area contributed by atoms with Crippen LogP contribution in [0.1, 0.15) is 19.7 Å². The highest BCUT2D eigenvalue weighted by Crippen LogP contribution is 2.04. The van der Waals surface area contributed by atoms with Gasteiger partial charge in [-0.3, -0.25) is 4.40 Å². The van der Waals surface area contributed by atoms with Gasteiger partial charge in [0, 0.05) is 12.1 Å². The van der Waals surface area contributed by atoms with Crippen LogP contribution in [0.5, 0.6) is 0 Å². The molecule has 70 valence electrons. The minimum atomic E-state index is 0.381. The van der Waals surface area contributed by atoms with E-state index >= 15 is 0 Å². The monoisotopic (exact) mass is 184 g/mol. The van der Waals surface area contributed by atoms with Crippen LogP contribution in [0.15, 0.2) is 30.6 Å². The average molecular weight is 184 g/mol. The lowest BCUT2D eigenvalue weighted by molar-refractivity contribution is 0.865. The van der Waals surface area contributed by atoms with E-state index in [1.54, 1.807) is 0 Å². The summed E-state index contributed by atoms with van der Waals surface area (Å²) in [5.41, 5.74) is 1.08. The Morgan fingerprint density at radius 3 is 3.00 bits per heavy atom. The van der Waals surface area contributed by atoms with Crippen molar-refractivity contribution in [2.45, 2.75) is 13.8 Å². The molecular weight excluding hydrogens is 172 g/mol. The maximum absolute atomic E-state index is 4.26. The van der Waals surface area contributed by atoms with Crippen molar-refractivity contribution in [3.8, 4) is 11.8 Å². The van der Waals surface area contributed by atoms with E-state index in [0.29, 0.717) is 5.92 Å².